The molecule has 0 aromatic rings. The van der Waals surface area contributed by atoms with Crippen molar-refractivity contribution in [2.45, 2.75) is 329 Å². The van der Waals surface area contributed by atoms with E-state index in [0.717, 1.165) is 63.7 Å². The zero-order valence-electron chi connectivity index (χ0n) is 43.0. The minimum atomic E-state index is -0.761. The van der Waals surface area contributed by atoms with Crippen LogP contribution in [0.3, 0.4) is 0 Å². The van der Waals surface area contributed by atoms with E-state index in [4.69, 9.17) is 14.2 Å². The van der Waals surface area contributed by atoms with E-state index in [1.54, 1.807) is 0 Å². The Morgan fingerprint density at radius 1 is 0.302 bits per heavy atom. The van der Waals surface area contributed by atoms with Crippen molar-refractivity contribution in [3.8, 4) is 0 Å². The molecule has 63 heavy (non-hydrogen) atoms. The van der Waals surface area contributed by atoms with Crippen LogP contribution in [0.4, 0.5) is 0 Å². The number of carbonyl (C=O) groups is 3. The summed E-state index contributed by atoms with van der Waals surface area (Å²) in [5.74, 6) is 0.00160. The van der Waals surface area contributed by atoms with Gasteiger partial charge in [-0.25, -0.2) is 0 Å². The predicted molar refractivity (Wildman–Crippen MR) is 270 cm³/mol. The van der Waals surface area contributed by atoms with Gasteiger partial charge in [0.2, 0.25) is 0 Å². The number of hydrogen-bond acceptors (Lipinski definition) is 6. The number of ether oxygens (including phenoxy) is 3. The molecular weight excluding hydrogens is 781 g/mol. The van der Waals surface area contributed by atoms with Crippen LogP contribution >= 0.6 is 0 Å². The van der Waals surface area contributed by atoms with Crippen molar-refractivity contribution < 1.29 is 28.6 Å². The Labute approximate surface area is 393 Å². The summed E-state index contributed by atoms with van der Waals surface area (Å²) < 4.78 is 16.9. The highest BCUT2D eigenvalue weighted by Gasteiger charge is 2.19. The van der Waals surface area contributed by atoms with Gasteiger partial charge in [0.25, 0.3) is 0 Å². The van der Waals surface area contributed by atoms with Crippen molar-refractivity contribution in [1.82, 2.24) is 0 Å². The molecule has 0 rings (SSSR count). The molecule has 0 aliphatic rings. The van der Waals surface area contributed by atoms with Crippen molar-refractivity contribution in [3.05, 3.63) is 0 Å². The fourth-order valence-corrected chi connectivity index (χ4v) is 8.75. The largest absolute Gasteiger partial charge is 0.462 e. The van der Waals surface area contributed by atoms with Crippen molar-refractivity contribution in [3.63, 3.8) is 0 Å². The molecule has 0 saturated heterocycles. The van der Waals surface area contributed by atoms with Gasteiger partial charge < -0.3 is 14.2 Å². The van der Waals surface area contributed by atoms with Gasteiger partial charge in [-0.15, -0.1) is 0 Å². The van der Waals surface area contributed by atoms with Gasteiger partial charge in [-0.1, -0.05) is 285 Å². The lowest BCUT2D eigenvalue weighted by Crippen LogP contribution is -2.30. The van der Waals surface area contributed by atoms with E-state index in [-0.39, 0.29) is 31.1 Å². The van der Waals surface area contributed by atoms with Crippen LogP contribution in [0, 0.1) is 5.92 Å². The van der Waals surface area contributed by atoms with Gasteiger partial charge in [-0.05, 0) is 25.2 Å². The van der Waals surface area contributed by atoms with E-state index < -0.39 is 6.10 Å². The minimum Gasteiger partial charge on any atom is -0.462 e. The second-order valence-corrected chi connectivity index (χ2v) is 20.1. The predicted octanol–water partition coefficient (Wildman–Crippen LogP) is 18.6. The van der Waals surface area contributed by atoms with Crippen LogP contribution < -0.4 is 0 Å². The van der Waals surface area contributed by atoms with Crippen LogP contribution in [0.2, 0.25) is 0 Å². The molecule has 0 spiro atoms. The Morgan fingerprint density at radius 2 is 0.524 bits per heavy atom. The van der Waals surface area contributed by atoms with Gasteiger partial charge in [0, 0.05) is 19.3 Å². The van der Waals surface area contributed by atoms with Gasteiger partial charge >= 0.3 is 17.9 Å². The lowest BCUT2D eigenvalue weighted by Gasteiger charge is -2.18. The fraction of sp³-hybridized carbons (Fsp3) is 0.947. The first kappa shape index (κ1) is 61.4. The first-order valence-corrected chi connectivity index (χ1v) is 28.4. The van der Waals surface area contributed by atoms with Crippen LogP contribution in [-0.2, 0) is 28.6 Å². The highest BCUT2D eigenvalue weighted by atomic mass is 16.6. The maximum atomic E-state index is 12.8. The Kier molecular flexibility index (Phi) is 50.1. The van der Waals surface area contributed by atoms with E-state index in [9.17, 15) is 14.4 Å². The molecule has 0 aliphatic heterocycles. The molecule has 0 aliphatic carbocycles. The topological polar surface area (TPSA) is 78.9 Å². The first-order chi connectivity index (χ1) is 30.9. The molecule has 0 aromatic heterocycles. The third-order valence-electron chi connectivity index (χ3n) is 13.0. The highest BCUT2D eigenvalue weighted by Crippen LogP contribution is 2.18. The molecular formula is C57H110O6. The smallest absolute Gasteiger partial charge is 0.306 e. The van der Waals surface area contributed by atoms with Gasteiger partial charge in [0.1, 0.15) is 13.2 Å². The molecule has 0 bridgehead atoms. The third kappa shape index (κ3) is 51.3. The highest BCUT2D eigenvalue weighted by molar-refractivity contribution is 5.71. The first-order valence-electron chi connectivity index (χ1n) is 28.4. The molecule has 0 N–H and O–H groups in total. The molecule has 0 saturated carbocycles. The zero-order valence-corrected chi connectivity index (χ0v) is 43.0. The van der Waals surface area contributed by atoms with Crippen LogP contribution in [-0.4, -0.2) is 37.2 Å². The van der Waals surface area contributed by atoms with Crippen molar-refractivity contribution in [2.75, 3.05) is 13.2 Å². The standard InChI is InChI=1S/C57H110O6/c1-5-7-9-11-13-15-17-18-19-20-21-22-25-29-32-36-40-44-48-55(58)61-51-54(63-57(60)50-46-42-38-34-27-16-14-12-10-8-6-2)52-62-56(59)49-45-41-37-33-30-26-23-24-28-31-35-39-43-47-53(3)4/h53-54H,5-52H2,1-4H3/t54-/m0/s1. The van der Waals surface area contributed by atoms with Gasteiger partial charge in [0.05, 0.1) is 0 Å². The minimum absolute atomic E-state index is 0.0620. The molecule has 0 amide bonds. The Balaban J connectivity index is 4.24. The number of carbonyl (C=O) groups excluding carboxylic acids is 3. The quantitative estimate of drug-likeness (QED) is 0.0344. The maximum Gasteiger partial charge on any atom is 0.306 e. The van der Waals surface area contributed by atoms with Crippen LogP contribution in [0.1, 0.15) is 323 Å². The molecule has 1 atom stereocenters. The summed E-state index contributed by atoms with van der Waals surface area (Å²) in [4.78, 5) is 38.0. The fourth-order valence-electron chi connectivity index (χ4n) is 8.75. The summed E-state index contributed by atoms with van der Waals surface area (Å²) in [7, 11) is 0. The molecule has 0 fully saturated rings. The second kappa shape index (κ2) is 51.4. The van der Waals surface area contributed by atoms with Crippen molar-refractivity contribution in [1.29, 1.82) is 0 Å². The Hall–Kier alpha value is -1.59. The Morgan fingerprint density at radius 3 is 0.778 bits per heavy atom. The number of unbranched alkanes of at least 4 members (excludes halogenated alkanes) is 39. The third-order valence-corrected chi connectivity index (χ3v) is 13.0. The lowest BCUT2D eigenvalue weighted by atomic mass is 10.0. The van der Waals surface area contributed by atoms with E-state index in [1.165, 1.54) is 218 Å². The zero-order chi connectivity index (χ0) is 45.9. The lowest BCUT2D eigenvalue weighted by molar-refractivity contribution is -0.167. The van der Waals surface area contributed by atoms with Crippen LogP contribution in [0.5, 0.6) is 0 Å². The van der Waals surface area contributed by atoms with Crippen LogP contribution in [0.25, 0.3) is 0 Å². The van der Waals surface area contributed by atoms with E-state index in [1.807, 2.05) is 0 Å². The molecule has 0 unspecified atom stereocenters. The molecule has 374 valence electrons. The molecule has 6 heteroatoms. The summed E-state index contributed by atoms with van der Waals surface area (Å²) in [6.45, 7) is 9.05. The molecule has 0 radical (unpaired) electrons. The maximum absolute atomic E-state index is 12.8. The number of hydrogen-bond donors (Lipinski definition) is 0. The van der Waals surface area contributed by atoms with Crippen molar-refractivity contribution in [2.24, 2.45) is 5.92 Å². The monoisotopic (exact) mass is 891 g/mol. The van der Waals surface area contributed by atoms with Gasteiger partial charge in [-0.2, -0.15) is 0 Å². The number of esters is 3. The van der Waals surface area contributed by atoms with Gasteiger partial charge in [-0.3, -0.25) is 14.4 Å². The van der Waals surface area contributed by atoms with E-state index in [0.29, 0.717) is 19.3 Å². The second-order valence-electron chi connectivity index (χ2n) is 20.1. The summed E-state index contributed by atoms with van der Waals surface area (Å²) in [5, 5.41) is 0. The summed E-state index contributed by atoms with van der Waals surface area (Å²) in [5.41, 5.74) is 0. The average molecular weight is 892 g/mol. The molecule has 0 aromatic carbocycles. The average Bonchev–Trinajstić information content (AvgIpc) is 3.27. The Bertz CT molecular complexity index is 949. The normalized spacial score (nSPS) is 12.0. The summed E-state index contributed by atoms with van der Waals surface area (Å²) >= 11 is 0. The van der Waals surface area contributed by atoms with Crippen LogP contribution in [0.15, 0.2) is 0 Å². The molecule has 0 heterocycles. The van der Waals surface area contributed by atoms with Gasteiger partial charge in [0.15, 0.2) is 6.10 Å². The number of rotatable bonds is 52. The summed E-state index contributed by atoms with van der Waals surface area (Å²) in [6.07, 6.45) is 55.2. The van der Waals surface area contributed by atoms with E-state index in [2.05, 4.69) is 27.7 Å². The van der Waals surface area contributed by atoms with E-state index >= 15 is 0 Å². The SMILES string of the molecule is CCCCCCCCCCCCCCCCCCCCC(=O)OC[C@@H](COC(=O)CCCCCCCCCCCCCCCC(C)C)OC(=O)CCCCCCCCCCCCC. The van der Waals surface area contributed by atoms with Crippen molar-refractivity contribution >= 4 is 17.9 Å². The summed E-state index contributed by atoms with van der Waals surface area (Å²) in [6, 6.07) is 0. The molecule has 6 nitrogen and oxygen atoms in total.